The first-order valence-corrected chi connectivity index (χ1v) is 9.27. The van der Waals surface area contributed by atoms with Crippen molar-refractivity contribution in [3.8, 4) is 5.82 Å². The predicted molar refractivity (Wildman–Crippen MR) is 108 cm³/mol. The second kappa shape index (κ2) is 9.06. The number of rotatable bonds is 6. The maximum absolute atomic E-state index is 12.7. The number of anilines is 1. The van der Waals surface area contributed by atoms with E-state index in [0.717, 1.165) is 23.0 Å². The van der Waals surface area contributed by atoms with Crippen LogP contribution in [0.2, 0.25) is 0 Å². The molecule has 0 aliphatic heterocycles. The Morgan fingerprint density at radius 3 is 2.52 bits per heavy atom. The number of esters is 1. The summed E-state index contributed by atoms with van der Waals surface area (Å²) >= 11 is 0. The maximum Gasteiger partial charge on any atom is 0.417 e. The summed E-state index contributed by atoms with van der Waals surface area (Å²) in [6, 6.07) is 6.05. The van der Waals surface area contributed by atoms with Crippen molar-refractivity contribution in [3.05, 3.63) is 75.2 Å². The number of halogens is 3. The van der Waals surface area contributed by atoms with Gasteiger partial charge >= 0.3 is 12.1 Å². The number of amides is 1. The van der Waals surface area contributed by atoms with Gasteiger partial charge in [-0.2, -0.15) is 18.3 Å². The van der Waals surface area contributed by atoms with E-state index in [1.807, 2.05) is 0 Å². The number of carbonyl (C=O) groups excluding carboxylic acids is 2. The number of hydrogen-bond donors (Lipinski definition) is 1. The summed E-state index contributed by atoms with van der Waals surface area (Å²) in [6.45, 7) is 2.35. The largest absolute Gasteiger partial charge is 0.452 e. The second-order valence-corrected chi connectivity index (χ2v) is 6.84. The fourth-order valence-electron chi connectivity index (χ4n) is 2.81. The summed E-state index contributed by atoms with van der Waals surface area (Å²) in [6.07, 6.45) is -2.75. The Labute approximate surface area is 184 Å². The number of hydrogen-bond acceptors (Lipinski definition) is 7. The molecule has 172 valence electrons. The molecule has 1 amide bonds. The summed E-state index contributed by atoms with van der Waals surface area (Å²) in [5.41, 5.74) is -0.312. The highest BCUT2D eigenvalue weighted by atomic mass is 19.4. The van der Waals surface area contributed by atoms with Crippen molar-refractivity contribution in [2.45, 2.75) is 20.0 Å². The normalized spacial score (nSPS) is 11.2. The van der Waals surface area contributed by atoms with Crippen LogP contribution in [-0.2, 0) is 15.7 Å². The van der Waals surface area contributed by atoms with Crippen molar-refractivity contribution in [2.75, 3.05) is 11.9 Å². The molecule has 3 rings (SSSR count). The molecule has 0 atom stereocenters. The van der Waals surface area contributed by atoms with E-state index in [2.05, 4.69) is 15.4 Å². The fourth-order valence-corrected chi connectivity index (χ4v) is 2.81. The van der Waals surface area contributed by atoms with Crippen LogP contribution in [0.15, 0.2) is 42.7 Å². The Bertz CT molecular complexity index is 1220. The highest BCUT2D eigenvalue weighted by Crippen LogP contribution is 2.29. The van der Waals surface area contributed by atoms with E-state index >= 15 is 0 Å². The molecule has 3 aromatic rings. The van der Waals surface area contributed by atoms with Crippen molar-refractivity contribution in [2.24, 2.45) is 0 Å². The van der Waals surface area contributed by atoms with Crippen LogP contribution in [0.3, 0.4) is 0 Å². The molecule has 0 radical (unpaired) electrons. The van der Waals surface area contributed by atoms with E-state index in [9.17, 15) is 32.9 Å². The van der Waals surface area contributed by atoms with E-state index in [-0.39, 0.29) is 28.5 Å². The summed E-state index contributed by atoms with van der Waals surface area (Å²) in [5.74, 6) is -1.56. The van der Waals surface area contributed by atoms with Gasteiger partial charge in [-0.05, 0) is 32.0 Å². The molecular weight excluding hydrogens is 447 g/mol. The van der Waals surface area contributed by atoms with Gasteiger partial charge in [0.15, 0.2) is 12.4 Å². The SMILES string of the molecule is Cc1ccc(NC(=O)COC(=O)c2cnn(-c3ccc(C(F)(F)F)cn3)c2C)cc1[N+](=O)[O-]. The summed E-state index contributed by atoms with van der Waals surface area (Å²) in [4.78, 5) is 38.5. The van der Waals surface area contributed by atoms with Gasteiger partial charge in [-0.15, -0.1) is 0 Å². The molecule has 10 nitrogen and oxygen atoms in total. The summed E-state index contributed by atoms with van der Waals surface area (Å²) in [5, 5.41) is 17.3. The van der Waals surface area contributed by atoms with E-state index in [0.29, 0.717) is 11.8 Å². The summed E-state index contributed by atoms with van der Waals surface area (Å²) in [7, 11) is 0. The molecule has 2 aromatic heterocycles. The second-order valence-electron chi connectivity index (χ2n) is 6.84. The number of aromatic nitrogens is 3. The zero-order valence-electron chi connectivity index (χ0n) is 17.2. The zero-order valence-corrected chi connectivity index (χ0v) is 17.2. The third-order valence-corrected chi connectivity index (χ3v) is 4.55. The smallest absolute Gasteiger partial charge is 0.417 e. The molecule has 0 saturated carbocycles. The minimum atomic E-state index is -4.54. The number of pyridine rings is 1. The van der Waals surface area contributed by atoms with E-state index in [4.69, 9.17) is 4.74 Å². The van der Waals surface area contributed by atoms with Crippen LogP contribution in [0.25, 0.3) is 5.82 Å². The monoisotopic (exact) mass is 463 g/mol. The van der Waals surface area contributed by atoms with Gasteiger partial charge in [0.05, 0.1) is 22.4 Å². The van der Waals surface area contributed by atoms with E-state index in [1.165, 1.54) is 25.1 Å². The Hall–Kier alpha value is -4.29. The number of nitrogens with zero attached hydrogens (tertiary/aromatic N) is 4. The molecule has 1 N–H and O–H groups in total. The van der Waals surface area contributed by atoms with Crippen molar-refractivity contribution >= 4 is 23.3 Å². The minimum absolute atomic E-state index is 0.0181. The number of nitro benzene ring substituents is 1. The first-order chi connectivity index (χ1) is 15.5. The molecule has 0 unspecified atom stereocenters. The van der Waals surface area contributed by atoms with E-state index in [1.54, 1.807) is 6.92 Å². The van der Waals surface area contributed by atoms with Gasteiger partial charge in [0.1, 0.15) is 5.56 Å². The number of benzene rings is 1. The van der Waals surface area contributed by atoms with Crippen LogP contribution in [0, 0.1) is 24.0 Å². The predicted octanol–water partition coefficient (Wildman–Crippen LogP) is 3.61. The number of nitrogens with one attached hydrogen (secondary N) is 1. The van der Waals surface area contributed by atoms with Crippen molar-refractivity contribution < 1.29 is 32.4 Å². The topological polar surface area (TPSA) is 129 Å². The highest BCUT2D eigenvalue weighted by molar-refractivity contribution is 5.96. The lowest BCUT2D eigenvalue weighted by atomic mass is 10.2. The molecule has 0 spiro atoms. The van der Waals surface area contributed by atoms with Crippen molar-refractivity contribution in [1.82, 2.24) is 14.8 Å². The van der Waals surface area contributed by atoms with Crippen molar-refractivity contribution in [1.29, 1.82) is 0 Å². The minimum Gasteiger partial charge on any atom is -0.452 e. The van der Waals surface area contributed by atoms with Gasteiger partial charge in [-0.3, -0.25) is 14.9 Å². The summed E-state index contributed by atoms with van der Waals surface area (Å²) < 4.78 is 44.2. The molecule has 0 aliphatic rings. The third kappa shape index (κ3) is 5.31. The Morgan fingerprint density at radius 2 is 1.91 bits per heavy atom. The van der Waals surface area contributed by atoms with Crippen LogP contribution >= 0.6 is 0 Å². The lowest BCUT2D eigenvalue weighted by Gasteiger charge is -2.09. The molecule has 0 aliphatic carbocycles. The Morgan fingerprint density at radius 1 is 1.18 bits per heavy atom. The molecule has 1 aromatic carbocycles. The Kier molecular flexibility index (Phi) is 6.42. The lowest BCUT2D eigenvalue weighted by Crippen LogP contribution is -2.21. The number of aryl methyl sites for hydroxylation is 1. The van der Waals surface area contributed by atoms with Crippen LogP contribution in [0.5, 0.6) is 0 Å². The van der Waals surface area contributed by atoms with E-state index < -0.39 is 35.1 Å². The standard InChI is InChI=1S/C20H16F3N5O5/c1-11-3-5-14(7-16(11)28(31)32)26-18(29)10-33-19(30)15-9-25-27(12(15)2)17-6-4-13(8-24-17)20(21,22)23/h3-9H,10H2,1-2H3,(H,26,29). The third-order valence-electron chi connectivity index (χ3n) is 4.55. The van der Waals surface area contributed by atoms with Gasteiger partial charge in [-0.25, -0.2) is 14.5 Å². The van der Waals surface area contributed by atoms with Crippen molar-refractivity contribution in [3.63, 3.8) is 0 Å². The van der Waals surface area contributed by atoms with Gasteiger partial charge in [0.2, 0.25) is 0 Å². The van der Waals surface area contributed by atoms with Gasteiger partial charge in [0, 0.05) is 23.5 Å². The van der Waals surface area contributed by atoms with Crippen LogP contribution in [0.1, 0.15) is 27.2 Å². The number of nitro groups is 1. The number of alkyl halides is 3. The molecule has 2 heterocycles. The highest BCUT2D eigenvalue weighted by Gasteiger charge is 2.31. The Balaban J connectivity index is 1.64. The van der Waals surface area contributed by atoms with Crippen LogP contribution in [-0.4, -0.2) is 38.2 Å². The molecule has 33 heavy (non-hydrogen) atoms. The molecular formula is C20H16F3N5O5. The number of carbonyl (C=O) groups is 2. The lowest BCUT2D eigenvalue weighted by molar-refractivity contribution is -0.385. The van der Waals surface area contributed by atoms with Crippen LogP contribution < -0.4 is 5.32 Å². The van der Waals surface area contributed by atoms with Gasteiger partial charge in [-0.1, -0.05) is 6.07 Å². The molecule has 13 heteroatoms. The molecule has 0 bridgehead atoms. The first kappa shape index (κ1) is 23.4. The van der Waals surface area contributed by atoms with Gasteiger partial charge < -0.3 is 10.1 Å². The van der Waals surface area contributed by atoms with Gasteiger partial charge in [0.25, 0.3) is 11.6 Å². The quantitative estimate of drug-likeness (QED) is 0.336. The fraction of sp³-hybridized carbons (Fsp3) is 0.200. The molecule has 0 saturated heterocycles. The average Bonchev–Trinajstić information content (AvgIpc) is 3.14. The zero-order chi connectivity index (χ0) is 24.3. The average molecular weight is 463 g/mol. The van der Waals surface area contributed by atoms with Crippen LogP contribution in [0.4, 0.5) is 24.5 Å². The molecule has 0 fully saturated rings. The number of ether oxygens (including phenoxy) is 1. The first-order valence-electron chi connectivity index (χ1n) is 9.27. The maximum atomic E-state index is 12.7.